The van der Waals surface area contributed by atoms with Crippen LogP contribution in [0.25, 0.3) is 0 Å². The van der Waals surface area contributed by atoms with Gasteiger partial charge < -0.3 is 9.80 Å². The summed E-state index contributed by atoms with van der Waals surface area (Å²) < 4.78 is 0. The van der Waals surface area contributed by atoms with Crippen molar-refractivity contribution < 1.29 is 4.79 Å². The highest BCUT2D eigenvalue weighted by Crippen LogP contribution is 2.34. The van der Waals surface area contributed by atoms with Crippen LogP contribution in [0.15, 0.2) is 18.2 Å². The molecule has 0 N–H and O–H groups in total. The monoisotopic (exact) mass is 328 g/mol. The van der Waals surface area contributed by atoms with Crippen molar-refractivity contribution in [3.63, 3.8) is 0 Å². The third-order valence-electron chi connectivity index (χ3n) is 4.13. The van der Waals surface area contributed by atoms with Gasteiger partial charge in [0.05, 0.1) is 15.7 Å². The zero-order valence-electron chi connectivity index (χ0n) is 12.6. The summed E-state index contributed by atoms with van der Waals surface area (Å²) in [6.45, 7) is 4.66. The maximum absolute atomic E-state index is 12.6. The Labute approximate surface area is 136 Å². The zero-order chi connectivity index (χ0) is 15.4. The van der Waals surface area contributed by atoms with E-state index in [-0.39, 0.29) is 5.91 Å². The molecule has 1 heterocycles. The minimum absolute atomic E-state index is 0.113. The zero-order valence-corrected chi connectivity index (χ0v) is 14.1. The van der Waals surface area contributed by atoms with E-state index in [0.29, 0.717) is 34.6 Å². The van der Waals surface area contributed by atoms with Crippen LogP contribution in [0.4, 0.5) is 5.69 Å². The minimum atomic E-state index is 0.113. The van der Waals surface area contributed by atoms with Crippen LogP contribution in [-0.2, 0) is 4.79 Å². The summed E-state index contributed by atoms with van der Waals surface area (Å²) in [6.07, 6.45) is 2.73. The molecule has 3 nitrogen and oxygen atoms in total. The van der Waals surface area contributed by atoms with Crippen molar-refractivity contribution in [2.24, 2.45) is 5.92 Å². The number of anilines is 1. The second-order valence-corrected chi connectivity index (χ2v) is 6.47. The molecule has 0 bridgehead atoms. The summed E-state index contributed by atoms with van der Waals surface area (Å²) in [5.41, 5.74) is 0.640. The summed E-state index contributed by atoms with van der Waals surface area (Å²) in [5, 5.41) is 1.06. The van der Waals surface area contributed by atoms with Gasteiger partial charge in [0.15, 0.2) is 0 Å². The van der Waals surface area contributed by atoms with Crippen molar-refractivity contribution in [2.75, 3.05) is 31.6 Å². The van der Waals surface area contributed by atoms with Gasteiger partial charge in [-0.2, -0.15) is 0 Å². The Bertz CT molecular complexity index is 479. The number of para-hydroxylation sites is 1. The molecule has 1 amide bonds. The Kier molecular flexibility index (Phi) is 5.91. The lowest BCUT2D eigenvalue weighted by molar-refractivity contribution is -0.119. The Morgan fingerprint density at radius 2 is 1.86 bits per heavy atom. The molecule has 1 aliphatic rings. The van der Waals surface area contributed by atoms with Crippen molar-refractivity contribution in [1.29, 1.82) is 0 Å². The summed E-state index contributed by atoms with van der Waals surface area (Å²) in [5.74, 6) is 0.575. The second-order valence-electron chi connectivity index (χ2n) is 5.66. The Hall–Kier alpha value is -0.770. The average Bonchev–Trinajstić information content (AvgIpc) is 2.45. The fraction of sp³-hybridized carbons (Fsp3) is 0.562. The number of nitrogens with zero attached hydrogens (tertiary/aromatic N) is 2. The number of hydrogen-bond donors (Lipinski definition) is 0. The quantitative estimate of drug-likeness (QED) is 0.831. The predicted octanol–water partition coefficient (Wildman–Crippen LogP) is 4.08. The van der Waals surface area contributed by atoms with Crippen LogP contribution in [0.5, 0.6) is 0 Å². The van der Waals surface area contributed by atoms with E-state index in [2.05, 4.69) is 11.9 Å². The second kappa shape index (κ2) is 7.48. The highest BCUT2D eigenvalue weighted by atomic mass is 35.5. The molecule has 116 valence electrons. The molecule has 0 radical (unpaired) electrons. The van der Waals surface area contributed by atoms with Gasteiger partial charge in [0, 0.05) is 13.0 Å². The third kappa shape index (κ3) is 4.12. The van der Waals surface area contributed by atoms with Crippen LogP contribution in [0, 0.1) is 5.92 Å². The maximum atomic E-state index is 12.6. The first-order chi connectivity index (χ1) is 10.0. The summed E-state index contributed by atoms with van der Waals surface area (Å²) >= 11 is 12.4. The number of benzene rings is 1. The molecular weight excluding hydrogens is 307 g/mol. The van der Waals surface area contributed by atoms with Gasteiger partial charge in [-0.25, -0.2) is 0 Å². The molecule has 1 fully saturated rings. The number of likely N-dealkylation sites (tertiary alicyclic amines) is 1. The van der Waals surface area contributed by atoms with Gasteiger partial charge in [-0.15, -0.1) is 0 Å². The molecule has 1 aromatic rings. The summed E-state index contributed by atoms with van der Waals surface area (Å²) in [4.78, 5) is 16.6. The molecule has 5 heteroatoms. The van der Waals surface area contributed by atoms with Crippen LogP contribution in [0.1, 0.15) is 26.2 Å². The van der Waals surface area contributed by atoms with Crippen LogP contribution in [0.3, 0.4) is 0 Å². The van der Waals surface area contributed by atoms with Crippen molar-refractivity contribution in [2.45, 2.75) is 26.2 Å². The molecule has 0 aliphatic carbocycles. The van der Waals surface area contributed by atoms with Gasteiger partial charge in [-0.1, -0.05) is 29.3 Å². The minimum Gasteiger partial charge on any atom is -0.310 e. The van der Waals surface area contributed by atoms with E-state index in [9.17, 15) is 4.79 Å². The van der Waals surface area contributed by atoms with Crippen LogP contribution < -0.4 is 4.90 Å². The van der Waals surface area contributed by atoms with Gasteiger partial charge in [-0.3, -0.25) is 4.79 Å². The molecule has 21 heavy (non-hydrogen) atoms. The molecule has 0 unspecified atom stereocenters. The fourth-order valence-electron chi connectivity index (χ4n) is 2.83. The maximum Gasteiger partial charge on any atom is 0.227 e. The van der Waals surface area contributed by atoms with Crippen molar-refractivity contribution in [3.8, 4) is 0 Å². The Morgan fingerprint density at radius 1 is 1.29 bits per heavy atom. The lowest BCUT2D eigenvalue weighted by Gasteiger charge is -2.30. The number of carbonyl (C=O) groups is 1. The summed E-state index contributed by atoms with van der Waals surface area (Å²) in [7, 11) is 2.12. The standard InChI is InChI=1S/C16H22Cl2N2O/c1-3-20(16-13(17)5-4-6-14(16)18)15(21)11-12-7-9-19(2)10-8-12/h4-6,12H,3,7-11H2,1-2H3. The average molecular weight is 329 g/mol. The Balaban J connectivity index is 2.08. The van der Waals surface area contributed by atoms with Gasteiger partial charge in [0.1, 0.15) is 0 Å². The molecule has 1 saturated heterocycles. The van der Waals surface area contributed by atoms with E-state index in [1.54, 1.807) is 23.1 Å². The molecule has 0 spiro atoms. The number of carbonyl (C=O) groups excluding carboxylic acids is 1. The highest BCUT2D eigenvalue weighted by Gasteiger charge is 2.24. The van der Waals surface area contributed by atoms with E-state index in [1.807, 2.05) is 6.92 Å². The van der Waals surface area contributed by atoms with Crippen LogP contribution in [0.2, 0.25) is 10.0 Å². The lowest BCUT2D eigenvalue weighted by atomic mass is 9.93. The molecule has 0 atom stereocenters. The SMILES string of the molecule is CCN(C(=O)CC1CCN(C)CC1)c1c(Cl)cccc1Cl. The van der Waals surface area contributed by atoms with Gasteiger partial charge in [0.2, 0.25) is 5.91 Å². The molecule has 2 rings (SSSR count). The van der Waals surface area contributed by atoms with E-state index in [4.69, 9.17) is 23.2 Å². The number of hydrogen-bond acceptors (Lipinski definition) is 2. The topological polar surface area (TPSA) is 23.6 Å². The van der Waals surface area contributed by atoms with E-state index < -0.39 is 0 Å². The van der Waals surface area contributed by atoms with E-state index >= 15 is 0 Å². The van der Waals surface area contributed by atoms with E-state index in [1.165, 1.54) is 0 Å². The normalized spacial score (nSPS) is 17.0. The molecule has 0 saturated carbocycles. The smallest absolute Gasteiger partial charge is 0.227 e. The number of piperidine rings is 1. The largest absolute Gasteiger partial charge is 0.310 e. The number of amides is 1. The van der Waals surface area contributed by atoms with Crippen LogP contribution in [-0.4, -0.2) is 37.5 Å². The molecule has 1 aromatic carbocycles. The molecule has 1 aliphatic heterocycles. The van der Waals surface area contributed by atoms with E-state index in [0.717, 1.165) is 25.9 Å². The first-order valence-electron chi connectivity index (χ1n) is 7.45. The lowest BCUT2D eigenvalue weighted by Crippen LogP contribution is -2.36. The number of rotatable bonds is 4. The van der Waals surface area contributed by atoms with Crippen molar-refractivity contribution in [3.05, 3.63) is 28.2 Å². The first kappa shape index (κ1) is 16.6. The van der Waals surface area contributed by atoms with Crippen molar-refractivity contribution >= 4 is 34.8 Å². The van der Waals surface area contributed by atoms with Gasteiger partial charge in [0.25, 0.3) is 0 Å². The fourth-order valence-corrected chi connectivity index (χ4v) is 3.43. The summed E-state index contributed by atoms with van der Waals surface area (Å²) in [6, 6.07) is 5.34. The Morgan fingerprint density at radius 3 is 2.38 bits per heavy atom. The van der Waals surface area contributed by atoms with Gasteiger partial charge >= 0.3 is 0 Å². The van der Waals surface area contributed by atoms with Crippen molar-refractivity contribution in [1.82, 2.24) is 4.90 Å². The first-order valence-corrected chi connectivity index (χ1v) is 8.21. The number of halogens is 2. The molecular formula is C16H22Cl2N2O. The van der Waals surface area contributed by atoms with Crippen LogP contribution >= 0.6 is 23.2 Å². The third-order valence-corrected chi connectivity index (χ3v) is 4.74. The molecule has 0 aromatic heterocycles. The van der Waals surface area contributed by atoms with Gasteiger partial charge in [-0.05, 0) is 58.0 Å². The highest BCUT2D eigenvalue weighted by molar-refractivity contribution is 6.39. The predicted molar refractivity (Wildman–Crippen MR) is 89.3 cm³/mol.